The minimum absolute atomic E-state index is 0.0191. The van der Waals surface area contributed by atoms with Gasteiger partial charge in [-0.25, -0.2) is 9.97 Å². The van der Waals surface area contributed by atoms with Crippen LogP contribution in [-0.4, -0.2) is 35.6 Å². The number of ether oxygens (including phenoxy) is 1. The third-order valence-corrected chi connectivity index (χ3v) is 5.28. The van der Waals surface area contributed by atoms with Gasteiger partial charge < -0.3 is 10.1 Å². The first kappa shape index (κ1) is 16.3. The Morgan fingerprint density at radius 3 is 2.83 bits per heavy atom. The van der Waals surface area contributed by atoms with Gasteiger partial charge >= 0.3 is 0 Å². The number of carbonyl (C=O) groups excluding carboxylic acids is 1. The van der Waals surface area contributed by atoms with Gasteiger partial charge in [0.15, 0.2) is 0 Å². The molecular formula is C17H23N3O2S. The summed E-state index contributed by atoms with van der Waals surface area (Å²) in [5, 5.41) is 4.01. The number of aromatic nitrogens is 2. The Bertz CT molecular complexity index is 722. The molecule has 1 fully saturated rings. The lowest BCUT2D eigenvalue weighted by molar-refractivity contribution is 0.0948. The summed E-state index contributed by atoms with van der Waals surface area (Å²) in [6, 6.07) is 0. The Morgan fingerprint density at radius 1 is 1.35 bits per heavy atom. The van der Waals surface area contributed by atoms with E-state index in [0.29, 0.717) is 25.7 Å². The normalized spacial score (nSPS) is 14.4. The van der Waals surface area contributed by atoms with E-state index in [1.54, 1.807) is 0 Å². The highest BCUT2D eigenvalue weighted by atomic mass is 32.1. The molecule has 1 amide bonds. The van der Waals surface area contributed by atoms with E-state index in [2.05, 4.69) is 10.3 Å². The Balaban J connectivity index is 1.76. The second-order valence-electron chi connectivity index (χ2n) is 5.98. The quantitative estimate of drug-likeness (QED) is 0.789. The standard InChI is InChI=1S/C17H23N3O2S/c1-4-22-9-5-8-18-16(21)14-10(2)13-11(3)19-15(12-6-7-12)20-17(13)23-14/h12H,4-9H2,1-3H3,(H,18,21). The van der Waals surface area contributed by atoms with Crippen molar-refractivity contribution in [3.63, 3.8) is 0 Å². The second-order valence-corrected chi connectivity index (χ2v) is 6.98. The molecule has 0 atom stereocenters. The molecule has 3 rings (SSSR count). The molecule has 0 bridgehead atoms. The van der Waals surface area contributed by atoms with Crippen molar-refractivity contribution in [3.8, 4) is 0 Å². The Hall–Kier alpha value is -1.53. The lowest BCUT2D eigenvalue weighted by Gasteiger charge is -2.04. The third-order valence-electron chi connectivity index (χ3n) is 4.09. The largest absolute Gasteiger partial charge is 0.382 e. The van der Waals surface area contributed by atoms with Crippen LogP contribution in [0.2, 0.25) is 0 Å². The number of aryl methyl sites for hydroxylation is 2. The number of fused-ring (bicyclic) bond motifs is 1. The van der Waals surface area contributed by atoms with Crippen molar-refractivity contribution in [3.05, 3.63) is 22.0 Å². The average molecular weight is 333 g/mol. The van der Waals surface area contributed by atoms with Crippen molar-refractivity contribution < 1.29 is 9.53 Å². The van der Waals surface area contributed by atoms with Crippen LogP contribution in [0.1, 0.15) is 58.9 Å². The van der Waals surface area contributed by atoms with Crippen molar-refractivity contribution in [2.24, 2.45) is 0 Å². The van der Waals surface area contributed by atoms with Crippen LogP contribution >= 0.6 is 11.3 Å². The van der Waals surface area contributed by atoms with Crippen molar-refractivity contribution in [2.75, 3.05) is 19.8 Å². The number of nitrogens with zero attached hydrogens (tertiary/aromatic N) is 2. The Morgan fingerprint density at radius 2 is 2.13 bits per heavy atom. The second kappa shape index (κ2) is 6.93. The van der Waals surface area contributed by atoms with Crippen LogP contribution in [0, 0.1) is 13.8 Å². The highest BCUT2D eigenvalue weighted by Gasteiger charge is 2.28. The minimum Gasteiger partial charge on any atom is -0.382 e. The summed E-state index contributed by atoms with van der Waals surface area (Å²) in [4.78, 5) is 23.4. The molecule has 0 aromatic carbocycles. The van der Waals surface area contributed by atoms with Crippen LogP contribution < -0.4 is 5.32 Å². The molecule has 1 aliphatic rings. The van der Waals surface area contributed by atoms with Gasteiger partial charge in [0.1, 0.15) is 10.7 Å². The first-order chi connectivity index (χ1) is 11.1. The van der Waals surface area contributed by atoms with Gasteiger partial charge in [-0.3, -0.25) is 4.79 Å². The molecule has 2 heterocycles. The fourth-order valence-corrected chi connectivity index (χ4v) is 3.86. The molecule has 5 nitrogen and oxygen atoms in total. The van der Waals surface area contributed by atoms with Crippen LogP contribution in [0.15, 0.2) is 0 Å². The third kappa shape index (κ3) is 3.53. The molecule has 6 heteroatoms. The van der Waals surface area contributed by atoms with Crippen molar-refractivity contribution in [1.29, 1.82) is 0 Å². The summed E-state index contributed by atoms with van der Waals surface area (Å²) in [6.07, 6.45) is 3.19. The smallest absolute Gasteiger partial charge is 0.261 e. The molecule has 0 saturated heterocycles. The predicted molar refractivity (Wildman–Crippen MR) is 92.3 cm³/mol. The number of nitrogens with one attached hydrogen (secondary N) is 1. The maximum Gasteiger partial charge on any atom is 0.261 e. The lowest BCUT2D eigenvalue weighted by Crippen LogP contribution is -2.25. The highest BCUT2D eigenvalue weighted by molar-refractivity contribution is 7.20. The molecular weight excluding hydrogens is 310 g/mol. The summed E-state index contributed by atoms with van der Waals surface area (Å²) in [5.74, 6) is 1.45. The SMILES string of the molecule is CCOCCCNC(=O)c1sc2nc(C3CC3)nc(C)c2c1C. The van der Waals surface area contributed by atoms with E-state index in [9.17, 15) is 4.79 Å². The molecule has 1 N–H and O–H groups in total. The fourth-order valence-electron chi connectivity index (χ4n) is 2.70. The number of hydrogen-bond donors (Lipinski definition) is 1. The first-order valence-corrected chi connectivity index (χ1v) is 9.07. The van der Waals surface area contributed by atoms with E-state index in [1.165, 1.54) is 24.2 Å². The molecule has 2 aromatic heterocycles. The summed E-state index contributed by atoms with van der Waals surface area (Å²) >= 11 is 1.48. The van der Waals surface area contributed by atoms with Gasteiger partial charge in [0, 0.05) is 31.1 Å². The fraction of sp³-hybridized carbons (Fsp3) is 0.588. The van der Waals surface area contributed by atoms with Gasteiger partial charge in [0.05, 0.1) is 10.6 Å². The van der Waals surface area contributed by atoms with Gasteiger partial charge in [0.2, 0.25) is 0 Å². The van der Waals surface area contributed by atoms with Crippen molar-refractivity contribution in [2.45, 2.75) is 46.0 Å². The van der Waals surface area contributed by atoms with Gasteiger partial charge in [-0.15, -0.1) is 11.3 Å². The van der Waals surface area contributed by atoms with E-state index >= 15 is 0 Å². The van der Waals surface area contributed by atoms with E-state index < -0.39 is 0 Å². The number of rotatable bonds is 7. The summed E-state index contributed by atoms with van der Waals surface area (Å²) in [5.41, 5.74) is 1.98. The molecule has 0 spiro atoms. The molecule has 124 valence electrons. The van der Waals surface area contributed by atoms with Crippen molar-refractivity contribution >= 4 is 27.5 Å². The van der Waals surface area contributed by atoms with Crippen LogP contribution in [0.25, 0.3) is 10.2 Å². The van der Waals surface area contributed by atoms with Crippen LogP contribution in [-0.2, 0) is 4.74 Å². The van der Waals surface area contributed by atoms with E-state index in [1.807, 2.05) is 20.8 Å². The Kier molecular flexibility index (Phi) is 4.92. The molecule has 0 radical (unpaired) electrons. The van der Waals surface area contributed by atoms with E-state index in [-0.39, 0.29) is 5.91 Å². The monoisotopic (exact) mass is 333 g/mol. The number of carbonyl (C=O) groups is 1. The minimum atomic E-state index is -0.0191. The van der Waals surface area contributed by atoms with Crippen molar-refractivity contribution in [1.82, 2.24) is 15.3 Å². The van der Waals surface area contributed by atoms with E-state index in [4.69, 9.17) is 9.72 Å². The Labute approximate surface area is 140 Å². The zero-order valence-corrected chi connectivity index (χ0v) is 14.8. The first-order valence-electron chi connectivity index (χ1n) is 8.25. The van der Waals surface area contributed by atoms with Crippen LogP contribution in [0.3, 0.4) is 0 Å². The maximum atomic E-state index is 12.4. The molecule has 1 saturated carbocycles. The van der Waals surface area contributed by atoms with Crippen LogP contribution in [0.5, 0.6) is 0 Å². The zero-order valence-electron chi connectivity index (χ0n) is 13.9. The van der Waals surface area contributed by atoms with Gasteiger partial charge in [-0.05, 0) is 45.6 Å². The van der Waals surface area contributed by atoms with Gasteiger partial charge in [-0.1, -0.05) is 0 Å². The van der Waals surface area contributed by atoms with Crippen LogP contribution in [0.4, 0.5) is 0 Å². The summed E-state index contributed by atoms with van der Waals surface area (Å²) in [7, 11) is 0. The van der Waals surface area contributed by atoms with Gasteiger partial charge in [0.25, 0.3) is 5.91 Å². The topological polar surface area (TPSA) is 64.1 Å². The summed E-state index contributed by atoms with van der Waals surface area (Å²) < 4.78 is 5.28. The van der Waals surface area contributed by atoms with E-state index in [0.717, 1.165) is 38.6 Å². The number of hydrogen-bond acceptors (Lipinski definition) is 5. The number of thiophene rings is 1. The predicted octanol–water partition coefficient (Wildman–Crippen LogP) is 3.34. The maximum absolute atomic E-state index is 12.4. The molecule has 1 aliphatic carbocycles. The van der Waals surface area contributed by atoms with Gasteiger partial charge in [-0.2, -0.15) is 0 Å². The molecule has 0 unspecified atom stereocenters. The summed E-state index contributed by atoms with van der Waals surface area (Å²) in [6.45, 7) is 7.99. The lowest BCUT2D eigenvalue weighted by atomic mass is 10.1. The zero-order chi connectivity index (χ0) is 16.4. The molecule has 0 aliphatic heterocycles. The molecule has 2 aromatic rings. The number of amides is 1. The molecule has 23 heavy (non-hydrogen) atoms. The highest BCUT2D eigenvalue weighted by Crippen LogP contribution is 2.40. The average Bonchev–Trinajstić information content (AvgIpc) is 3.31.